The lowest BCUT2D eigenvalue weighted by Gasteiger charge is -2.48. The van der Waals surface area contributed by atoms with Gasteiger partial charge in [-0.3, -0.25) is 9.69 Å². The number of carbonyl (C=O) groups excluding carboxylic acids is 2. The van der Waals surface area contributed by atoms with Gasteiger partial charge in [-0.05, 0) is 31.4 Å². The third-order valence-corrected chi connectivity index (χ3v) is 7.13. The van der Waals surface area contributed by atoms with Gasteiger partial charge in [0, 0.05) is 37.7 Å². The van der Waals surface area contributed by atoms with E-state index in [9.17, 15) is 9.59 Å². The van der Waals surface area contributed by atoms with E-state index in [4.69, 9.17) is 14.2 Å². The number of aromatic nitrogens is 1. The number of methoxy groups -OCH3 is 1. The first-order valence-corrected chi connectivity index (χ1v) is 12.2. The van der Waals surface area contributed by atoms with Crippen LogP contribution in [0.1, 0.15) is 53.7 Å². The number of hydrogen-bond acceptors (Lipinski definition) is 7. The van der Waals surface area contributed by atoms with E-state index in [1.807, 2.05) is 31.2 Å². The van der Waals surface area contributed by atoms with Crippen LogP contribution >= 0.6 is 0 Å². The molecule has 1 amide bonds. The van der Waals surface area contributed by atoms with Crippen molar-refractivity contribution in [2.45, 2.75) is 51.2 Å². The highest BCUT2D eigenvalue weighted by molar-refractivity contribution is 5.99. The first-order chi connectivity index (χ1) is 16.5. The number of pyridine rings is 1. The second kappa shape index (κ2) is 11.3. The molecule has 1 aromatic heterocycles. The first-order valence-electron chi connectivity index (χ1n) is 12.2. The van der Waals surface area contributed by atoms with E-state index in [2.05, 4.69) is 15.2 Å². The molecule has 1 aliphatic carbocycles. The lowest BCUT2D eigenvalue weighted by Crippen LogP contribution is -2.59. The average molecular weight is 470 g/mol. The molecule has 2 aromatic rings. The number of benzene rings is 1. The van der Waals surface area contributed by atoms with Crippen LogP contribution in [0, 0.1) is 6.92 Å². The quantitative estimate of drug-likeness (QED) is 0.595. The number of carbonyl (C=O) groups is 2. The van der Waals surface area contributed by atoms with Crippen molar-refractivity contribution >= 4 is 22.8 Å². The molecule has 0 unspecified atom stereocenters. The zero-order chi connectivity index (χ0) is 24.0. The molecule has 1 saturated heterocycles. The Morgan fingerprint density at radius 1 is 1.15 bits per heavy atom. The highest BCUT2D eigenvalue weighted by Gasteiger charge is 2.38. The van der Waals surface area contributed by atoms with Gasteiger partial charge in [-0.1, -0.05) is 37.5 Å². The Labute approximate surface area is 200 Å². The molecule has 8 heteroatoms. The molecule has 0 radical (unpaired) electrons. The topological polar surface area (TPSA) is 90.0 Å². The van der Waals surface area contributed by atoms with Gasteiger partial charge in [0.2, 0.25) is 0 Å². The van der Waals surface area contributed by atoms with Crippen LogP contribution in [-0.4, -0.2) is 73.9 Å². The van der Waals surface area contributed by atoms with Gasteiger partial charge in [0.15, 0.2) is 6.61 Å². The van der Waals surface area contributed by atoms with Crippen molar-refractivity contribution in [3.05, 3.63) is 41.1 Å². The fourth-order valence-corrected chi connectivity index (χ4v) is 5.32. The summed E-state index contributed by atoms with van der Waals surface area (Å²) < 4.78 is 16.2. The average Bonchev–Trinajstić information content (AvgIpc) is 2.87. The minimum atomic E-state index is -0.557. The van der Waals surface area contributed by atoms with Crippen LogP contribution in [0.5, 0.6) is 0 Å². The summed E-state index contributed by atoms with van der Waals surface area (Å²) in [6.07, 6.45) is 5.70. The van der Waals surface area contributed by atoms with E-state index in [1.54, 1.807) is 7.11 Å². The first kappa shape index (κ1) is 24.6. The molecule has 8 nitrogen and oxygen atoms in total. The molecule has 2 aliphatic rings. The number of morpholine rings is 1. The number of nitrogens with zero attached hydrogens (tertiary/aromatic N) is 2. The minimum Gasteiger partial charge on any atom is -0.452 e. The number of aryl methyl sites for hydroxylation is 1. The Morgan fingerprint density at radius 3 is 2.62 bits per heavy atom. The van der Waals surface area contributed by atoms with Gasteiger partial charge in [0.05, 0.1) is 36.6 Å². The Bertz CT molecular complexity index is 1010. The summed E-state index contributed by atoms with van der Waals surface area (Å²) >= 11 is 0. The standard InChI is InChI=1S/C26H35N3O5/c1-19-20-8-4-5-9-21(20)28-22(16-32-2)24(19)25(31)34-17-23(30)27-18-26(10-6-3-7-11-26)29-12-14-33-15-13-29/h4-5,8-9H,3,6-7,10-18H2,1-2H3,(H,27,30). The molecule has 0 atom stereocenters. The Morgan fingerprint density at radius 2 is 1.88 bits per heavy atom. The number of para-hydroxylation sites is 1. The molecule has 4 rings (SSSR count). The SMILES string of the molecule is COCc1nc2ccccc2c(C)c1C(=O)OCC(=O)NCC1(N2CCOCC2)CCCCC1. The number of nitrogens with one attached hydrogen (secondary N) is 1. The highest BCUT2D eigenvalue weighted by Crippen LogP contribution is 2.34. The van der Waals surface area contributed by atoms with Crippen molar-refractivity contribution in [3.8, 4) is 0 Å². The number of fused-ring (bicyclic) bond motifs is 1. The zero-order valence-corrected chi connectivity index (χ0v) is 20.2. The van der Waals surface area contributed by atoms with Crippen molar-refractivity contribution in [2.24, 2.45) is 0 Å². The van der Waals surface area contributed by atoms with Crippen LogP contribution in [0.4, 0.5) is 0 Å². The fourth-order valence-electron chi connectivity index (χ4n) is 5.32. The molecular weight excluding hydrogens is 434 g/mol. The number of rotatable bonds is 8. The molecule has 1 aliphatic heterocycles. The van der Waals surface area contributed by atoms with Gasteiger partial charge >= 0.3 is 5.97 Å². The maximum absolute atomic E-state index is 13.0. The highest BCUT2D eigenvalue weighted by atomic mass is 16.5. The van der Waals surface area contributed by atoms with Gasteiger partial charge < -0.3 is 19.5 Å². The van der Waals surface area contributed by atoms with Gasteiger partial charge in [-0.25, -0.2) is 9.78 Å². The number of esters is 1. The molecule has 2 fully saturated rings. The summed E-state index contributed by atoms with van der Waals surface area (Å²) in [7, 11) is 1.56. The Kier molecular flexibility index (Phi) is 8.13. The molecule has 1 N–H and O–H groups in total. The lowest BCUT2D eigenvalue weighted by atomic mass is 9.79. The van der Waals surface area contributed by atoms with E-state index in [0.29, 0.717) is 17.8 Å². The van der Waals surface area contributed by atoms with Gasteiger partial charge in [0.25, 0.3) is 5.91 Å². The van der Waals surface area contributed by atoms with E-state index < -0.39 is 5.97 Å². The van der Waals surface area contributed by atoms with Crippen molar-refractivity contribution in [2.75, 3.05) is 46.6 Å². The van der Waals surface area contributed by atoms with E-state index >= 15 is 0 Å². The van der Waals surface area contributed by atoms with E-state index in [-0.39, 0.29) is 24.7 Å². The van der Waals surface area contributed by atoms with E-state index in [0.717, 1.165) is 55.6 Å². The molecule has 34 heavy (non-hydrogen) atoms. The van der Waals surface area contributed by atoms with Crippen molar-refractivity contribution in [1.82, 2.24) is 15.2 Å². The summed E-state index contributed by atoms with van der Waals surface area (Å²) in [5.41, 5.74) is 2.41. The van der Waals surface area contributed by atoms with Crippen LogP contribution in [-0.2, 0) is 25.6 Å². The fraction of sp³-hybridized carbons (Fsp3) is 0.577. The third-order valence-electron chi connectivity index (χ3n) is 7.13. The summed E-state index contributed by atoms with van der Waals surface area (Å²) in [5.74, 6) is -0.843. The van der Waals surface area contributed by atoms with Gasteiger partial charge in [-0.2, -0.15) is 0 Å². The molecular formula is C26H35N3O5. The van der Waals surface area contributed by atoms with Crippen LogP contribution < -0.4 is 5.32 Å². The summed E-state index contributed by atoms with van der Waals surface area (Å²) in [4.78, 5) is 32.8. The number of amides is 1. The largest absolute Gasteiger partial charge is 0.452 e. The van der Waals surface area contributed by atoms with Gasteiger partial charge in [-0.15, -0.1) is 0 Å². The second-order valence-corrected chi connectivity index (χ2v) is 9.25. The van der Waals surface area contributed by atoms with Crippen LogP contribution in [0.3, 0.4) is 0 Å². The second-order valence-electron chi connectivity index (χ2n) is 9.25. The van der Waals surface area contributed by atoms with Crippen LogP contribution in [0.25, 0.3) is 10.9 Å². The Hall–Kier alpha value is -2.55. The molecule has 184 valence electrons. The summed E-state index contributed by atoms with van der Waals surface area (Å²) in [6, 6.07) is 7.64. The monoisotopic (exact) mass is 469 g/mol. The van der Waals surface area contributed by atoms with Crippen molar-refractivity contribution < 1.29 is 23.8 Å². The normalized spacial score (nSPS) is 18.5. The maximum atomic E-state index is 13.0. The van der Waals surface area contributed by atoms with Crippen molar-refractivity contribution in [1.29, 1.82) is 0 Å². The lowest BCUT2D eigenvalue weighted by molar-refractivity contribution is -0.125. The number of hydrogen-bond donors (Lipinski definition) is 1. The predicted octanol–water partition coefficient (Wildman–Crippen LogP) is 3.00. The zero-order valence-electron chi connectivity index (χ0n) is 20.2. The van der Waals surface area contributed by atoms with Gasteiger partial charge in [0.1, 0.15) is 0 Å². The van der Waals surface area contributed by atoms with Crippen molar-refractivity contribution in [3.63, 3.8) is 0 Å². The van der Waals surface area contributed by atoms with Crippen LogP contribution in [0.2, 0.25) is 0 Å². The predicted molar refractivity (Wildman–Crippen MR) is 129 cm³/mol. The maximum Gasteiger partial charge on any atom is 0.340 e. The number of ether oxygens (including phenoxy) is 3. The molecule has 1 aromatic carbocycles. The minimum absolute atomic E-state index is 0.0355. The Balaban J connectivity index is 1.41. The molecule has 0 bridgehead atoms. The van der Waals surface area contributed by atoms with E-state index in [1.165, 1.54) is 19.3 Å². The third kappa shape index (κ3) is 5.40. The molecule has 2 heterocycles. The van der Waals surface area contributed by atoms with Crippen LogP contribution in [0.15, 0.2) is 24.3 Å². The molecule has 0 spiro atoms. The molecule has 1 saturated carbocycles. The smallest absolute Gasteiger partial charge is 0.340 e. The summed E-state index contributed by atoms with van der Waals surface area (Å²) in [6.45, 7) is 5.54. The summed E-state index contributed by atoms with van der Waals surface area (Å²) in [5, 5.41) is 3.92.